The first-order valence-corrected chi connectivity index (χ1v) is 13.3. The van der Waals surface area contributed by atoms with Crippen LogP contribution in [0.3, 0.4) is 0 Å². The molecule has 0 saturated carbocycles. The maximum atomic E-state index is 14.0. The smallest absolute Gasteiger partial charge is 0.246 e. The van der Waals surface area contributed by atoms with Crippen LogP contribution < -0.4 is 15.4 Å². The summed E-state index contributed by atoms with van der Waals surface area (Å²) in [5.74, 6) is -1.61. The molecule has 3 saturated heterocycles. The number of nitrogens with one attached hydrogen (secondary N) is 2. The fourth-order valence-electron chi connectivity index (χ4n) is 6.53. The van der Waals surface area contributed by atoms with Crippen molar-refractivity contribution in [1.29, 1.82) is 0 Å². The Bertz CT molecular complexity index is 1040. The monoisotopic (exact) mass is 515 g/mol. The van der Waals surface area contributed by atoms with Crippen molar-refractivity contribution >= 4 is 23.4 Å². The quantitative estimate of drug-likeness (QED) is 0.436. The number of carbonyl (C=O) groups excluding carboxylic acids is 3. The normalized spacial score (nSPS) is 32.4. The molecule has 1 aromatic carbocycles. The van der Waals surface area contributed by atoms with E-state index in [-0.39, 0.29) is 30.2 Å². The number of ether oxygens (including phenoxy) is 2. The highest BCUT2D eigenvalue weighted by Crippen LogP contribution is 2.65. The van der Waals surface area contributed by atoms with Gasteiger partial charge in [-0.15, -0.1) is 0 Å². The second-order valence-corrected chi connectivity index (χ2v) is 11.9. The molecule has 3 fully saturated rings. The van der Waals surface area contributed by atoms with Gasteiger partial charge in [0.2, 0.25) is 17.7 Å². The summed E-state index contributed by atoms with van der Waals surface area (Å²) in [6.45, 7) is 12.4. The molecule has 37 heavy (non-hydrogen) atoms. The van der Waals surface area contributed by atoms with Crippen LogP contribution in [-0.4, -0.2) is 70.3 Å². The van der Waals surface area contributed by atoms with E-state index in [9.17, 15) is 19.5 Å². The van der Waals surface area contributed by atoms with Gasteiger partial charge in [0.05, 0.1) is 24.0 Å². The molecular formula is C28H41N3O6. The summed E-state index contributed by atoms with van der Waals surface area (Å²) in [6.07, 6.45) is 1.59. The molecule has 6 atom stereocenters. The minimum atomic E-state index is -1.08. The highest BCUT2D eigenvalue weighted by atomic mass is 16.5. The number of unbranched alkanes of at least 4 members (excludes halogenated alkanes) is 1. The van der Waals surface area contributed by atoms with E-state index in [2.05, 4.69) is 10.6 Å². The fourth-order valence-corrected chi connectivity index (χ4v) is 6.53. The number of anilines is 1. The van der Waals surface area contributed by atoms with Crippen molar-refractivity contribution in [2.75, 3.05) is 25.1 Å². The SMILES string of the molecule is CCOc1ccc(NC(=O)[C@@H]2[C@H]3C(=O)N(CCCCO)C(C(=O)NC(C)(C)C)C34CC(C)[C@@]2(C)O4)cc1. The molecule has 3 unspecified atom stereocenters. The van der Waals surface area contributed by atoms with Crippen LogP contribution in [0.1, 0.15) is 60.8 Å². The third kappa shape index (κ3) is 4.72. The zero-order chi connectivity index (χ0) is 27.2. The zero-order valence-electron chi connectivity index (χ0n) is 22.8. The molecule has 2 bridgehead atoms. The Kier molecular flexibility index (Phi) is 7.33. The number of nitrogens with zero attached hydrogens (tertiary/aromatic N) is 1. The number of hydrogen-bond acceptors (Lipinski definition) is 6. The molecule has 3 heterocycles. The van der Waals surface area contributed by atoms with Crippen molar-refractivity contribution in [3.63, 3.8) is 0 Å². The number of aliphatic hydroxyl groups is 1. The van der Waals surface area contributed by atoms with Crippen molar-refractivity contribution in [3.8, 4) is 5.75 Å². The second-order valence-electron chi connectivity index (χ2n) is 11.9. The van der Waals surface area contributed by atoms with E-state index in [1.165, 1.54) is 0 Å². The van der Waals surface area contributed by atoms with Gasteiger partial charge in [0.1, 0.15) is 17.4 Å². The molecule has 3 amide bonds. The lowest BCUT2D eigenvalue weighted by atomic mass is 9.62. The number of hydrogen-bond donors (Lipinski definition) is 3. The Morgan fingerprint density at radius 2 is 1.86 bits per heavy atom. The highest BCUT2D eigenvalue weighted by Gasteiger charge is 2.79. The van der Waals surface area contributed by atoms with Crippen molar-refractivity contribution in [3.05, 3.63) is 24.3 Å². The number of fused-ring (bicyclic) bond motifs is 1. The van der Waals surface area contributed by atoms with Crippen LogP contribution in [0, 0.1) is 17.8 Å². The van der Waals surface area contributed by atoms with Crippen molar-refractivity contribution in [1.82, 2.24) is 10.2 Å². The van der Waals surface area contributed by atoms with Crippen LogP contribution in [0.4, 0.5) is 5.69 Å². The fraction of sp³-hybridized carbons (Fsp3) is 0.679. The van der Waals surface area contributed by atoms with Gasteiger partial charge < -0.3 is 30.1 Å². The first-order valence-electron chi connectivity index (χ1n) is 13.3. The average Bonchev–Trinajstić information content (AvgIpc) is 3.31. The molecule has 3 aliphatic rings. The van der Waals surface area contributed by atoms with E-state index in [1.807, 2.05) is 41.5 Å². The molecule has 204 valence electrons. The third-order valence-electron chi connectivity index (χ3n) is 8.08. The van der Waals surface area contributed by atoms with Gasteiger partial charge >= 0.3 is 0 Å². The van der Waals surface area contributed by atoms with Gasteiger partial charge in [-0.1, -0.05) is 6.92 Å². The Morgan fingerprint density at radius 1 is 1.19 bits per heavy atom. The number of benzene rings is 1. The van der Waals surface area contributed by atoms with E-state index in [4.69, 9.17) is 9.47 Å². The van der Waals surface area contributed by atoms with E-state index in [1.54, 1.807) is 29.2 Å². The van der Waals surface area contributed by atoms with E-state index in [0.717, 1.165) is 0 Å². The van der Waals surface area contributed by atoms with Gasteiger partial charge in [-0.3, -0.25) is 14.4 Å². The van der Waals surface area contributed by atoms with Gasteiger partial charge in [-0.25, -0.2) is 0 Å². The molecule has 0 aromatic heterocycles. The first-order chi connectivity index (χ1) is 17.4. The lowest BCUT2D eigenvalue weighted by Gasteiger charge is -2.37. The summed E-state index contributed by atoms with van der Waals surface area (Å²) in [5.41, 5.74) is -1.86. The molecule has 9 heteroatoms. The topological polar surface area (TPSA) is 117 Å². The van der Waals surface area contributed by atoms with Gasteiger partial charge in [0.15, 0.2) is 0 Å². The number of carbonyl (C=O) groups is 3. The standard InChI is InChI=1S/C28H41N3O6/c1-7-36-19-12-10-18(11-13-19)29-23(33)20-21-25(35)31(14-8-9-15-32)22(24(34)30-26(3,4)5)28(21)16-17(2)27(20,6)37-28/h10-13,17,20-22,32H,7-9,14-16H2,1-6H3,(H,29,33)(H,30,34)/t17?,20-,21-,22?,27+,28?/m0/s1. The number of rotatable bonds is 9. The Morgan fingerprint density at radius 3 is 2.46 bits per heavy atom. The van der Waals surface area contributed by atoms with Gasteiger partial charge in [0, 0.05) is 24.4 Å². The minimum absolute atomic E-state index is 0.00811. The van der Waals surface area contributed by atoms with Crippen molar-refractivity contribution < 1.29 is 29.0 Å². The summed E-state index contributed by atoms with van der Waals surface area (Å²) in [4.78, 5) is 43.1. The predicted octanol–water partition coefficient (Wildman–Crippen LogP) is 2.72. The Balaban J connectivity index is 1.68. The van der Waals surface area contributed by atoms with Crippen LogP contribution in [0.15, 0.2) is 24.3 Å². The summed E-state index contributed by atoms with van der Waals surface area (Å²) >= 11 is 0. The number of aliphatic hydroxyl groups excluding tert-OH is 1. The summed E-state index contributed by atoms with van der Waals surface area (Å²) in [5, 5.41) is 15.3. The summed E-state index contributed by atoms with van der Waals surface area (Å²) < 4.78 is 12.2. The third-order valence-corrected chi connectivity index (χ3v) is 8.08. The maximum Gasteiger partial charge on any atom is 0.246 e. The number of amides is 3. The lowest BCUT2D eigenvalue weighted by Crippen LogP contribution is -2.58. The van der Waals surface area contributed by atoms with E-state index >= 15 is 0 Å². The van der Waals surface area contributed by atoms with E-state index < -0.39 is 34.6 Å². The van der Waals surface area contributed by atoms with Gasteiger partial charge in [-0.05, 0) is 84.1 Å². The molecule has 9 nitrogen and oxygen atoms in total. The summed E-state index contributed by atoms with van der Waals surface area (Å²) in [7, 11) is 0. The van der Waals surface area contributed by atoms with Gasteiger partial charge in [-0.2, -0.15) is 0 Å². The molecule has 4 rings (SSSR count). The van der Waals surface area contributed by atoms with Crippen LogP contribution in [-0.2, 0) is 19.1 Å². The van der Waals surface area contributed by atoms with Crippen LogP contribution in [0.5, 0.6) is 5.75 Å². The largest absolute Gasteiger partial charge is 0.494 e. The van der Waals surface area contributed by atoms with Crippen molar-refractivity contribution in [2.24, 2.45) is 17.8 Å². The zero-order valence-corrected chi connectivity index (χ0v) is 22.8. The predicted molar refractivity (Wildman–Crippen MR) is 139 cm³/mol. The molecule has 1 spiro atoms. The second kappa shape index (κ2) is 9.91. The maximum absolute atomic E-state index is 14.0. The van der Waals surface area contributed by atoms with Crippen LogP contribution in [0.2, 0.25) is 0 Å². The minimum Gasteiger partial charge on any atom is -0.494 e. The molecule has 3 aliphatic heterocycles. The van der Waals surface area contributed by atoms with Gasteiger partial charge in [0.25, 0.3) is 0 Å². The van der Waals surface area contributed by atoms with E-state index in [0.29, 0.717) is 43.9 Å². The highest BCUT2D eigenvalue weighted by molar-refractivity contribution is 6.02. The summed E-state index contributed by atoms with van der Waals surface area (Å²) in [6, 6.07) is 6.29. The molecule has 1 aromatic rings. The molecule has 0 radical (unpaired) electrons. The Labute approximate surface area is 219 Å². The van der Waals surface area contributed by atoms with Crippen LogP contribution in [0.25, 0.3) is 0 Å². The van der Waals surface area contributed by atoms with Crippen LogP contribution >= 0.6 is 0 Å². The van der Waals surface area contributed by atoms with Crippen molar-refractivity contribution in [2.45, 2.75) is 83.6 Å². The average molecular weight is 516 g/mol. The lowest BCUT2D eigenvalue weighted by molar-refractivity contribution is -0.147. The first kappa shape index (κ1) is 27.4. The molecular weight excluding hydrogens is 474 g/mol. The molecule has 0 aliphatic carbocycles. The number of likely N-dealkylation sites (tertiary alicyclic amines) is 1. The molecule has 3 N–H and O–H groups in total. The Hall–Kier alpha value is -2.65.